The van der Waals surface area contributed by atoms with E-state index in [2.05, 4.69) is 50.3 Å². The highest BCUT2D eigenvalue weighted by molar-refractivity contribution is 5.20. The van der Waals surface area contributed by atoms with Gasteiger partial charge in [-0.2, -0.15) is 0 Å². The topological polar surface area (TPSA) is 48.5 Å². The summed E-state index contributed by atoms with van der Waals surface area (Å²) in [4.78, 5) is 4.16. The molecule has 0 aliphatic heterocycles. The molecule has 2 aromatic heterocycles. The fourth-order valence-corrected chi connectivity index (χ4v) is 3.64. The van der Waals surface area contributed by atoms with Crippen molar-refractivity contribution in [1.82, 2.24) is 24.5 Å². The summed E-state index contributed by atoms with van der Waals surface area (Å²) >= 11 is 0. The second-order valence-electron chi connectivity index (χ2n) is 6.64. The van der Waals surface area contributed by atoms with Crippen molar-refractivity contribution in [3.63, 3.8) is 0 Å². The molecule has 1 aromatic carbocycles. The van der Waals surface area contributed by atoms with Gasteiger partial charge in [0.05, 0.1) is 24.6 Å². The second kappa shape index (κ2) is 6.99. The van der Waals surface area contributed by atoms with Crippen LogP contribution in [0.5, 0.6) is 0 Å². The van der Waals surface area contributed by atoms with Crippen LogP contribution >= 0.6 is 0 Å². The minimum absolute atomic E-state index is 0.130. The predicted molar refractivity (Wildman–Crippen MR) is 92.7 cm³/mol. The van der Waals surface area contributed by atoms with Gasteiger partial charge in [0, 0.05) is 24.5 Å². The highest BCUT2D eigenvalue weighted by Crippen LogP contribution is 2.32. The first-order chi connectivity index (χ1) is 11.9. The van der Waals surface area contributed by atoms with Crippen molar-refractivity contribution in [3.8, 4) is 0 Å². The van der Waals surface area contributed by atoms with Crippen LogP contribution in [-0.4, -0.2) is 24.5 Å². The molecule has 2 heterocycles. The minimum Gasteiger partial charge on any atom is -0.335 e. The Morgan fingerprint density at radius 3 is 2.67 bits per heavy atom. The van der Waals surface area contributed by atoms with Crippen LogP contribution in [0, 0.1) is 0 Å². The lowest BCUT2D eigenvalue weighted by Crippen LogP contribution is -2.17. The summed E-state index contributed by atoms with van der Waals surface area (Å²) in [6.07, 6.45) is 14.3. The summed E-state index contributed by atoms with van der Waals surface area (Å²) in [5.41, 5.74) is 2.40. The third-order valence-electron chi connectivity index (χ3n) is 5.00. The SMILES string of the molecule is c1ccc([C@@H](Cn2ccnc2)n2cc(C3CCCCC3)nn2)cc1. The Labute approximate surface area is 142 Å². The highest BCUT2D eigenvalue weighted by atomic mass is 15.4. The van der Waals surface area contributed by atoms with Crippen molar-refractivity contribution in [2.45, 2.75) is 50.6 Å². The normalized spacial score (nSPS) is 17.0. The van der Waals surface area contributed by atoms with Gasteiger partial charge in [-0.25, -0.2) is 9.67 Å². The largest absolute Gasteiger partial charge is 0.335 e. The Kier molecular flexibility index (Phi) is 4.40. The summed E-state index contributed by atoms with van der Waals surface area (Å²) in [6.45, 7) is 0.803. The van der Waals surface area contributed by atoms with Crippen LogP contribution in [0.4, 0.5) is 0 Å². The Morgan fingerprint density at radius 2 is 1.92 bits per heavy atom. The fraction of sp³-hybridized carbons (Fsp3) is 0.421. The van der Waals surface area contributed by atoms with Gasteiger partial charge in [0.2, 0.25) is 0 Å². The third-order valence-corrected chi connectivity index (χ3v) is 5.00. The first kappa shape index (κ1) is 15.1. The average molecular weight is 321 g/mol. The number of nitrogens with zero attached hydrogens (tertiary/aromatic N) is 5. The van der Waals surface area contributed by atoms with E-state index in [0.29, 0.717) is 5.92 Å². The summed E-state index contributed by atoms with van der Waals surface area (Å²) in [5, 5.41) is 8.99. The van der Waals surface area contributed by atoms with Crippen LogP contribution in [-0.2, 0) is 6.54 Å². The quantitative estimate of drug-likeness (QED) is 0.718. The molecule has 5 nitrogen and oxygen atoms in total. The van der Waals surface area contributed by atoms with Gasteiger partial charge in [-0.1, -0.05) is 54.8 Å². The summed E-state index contributed by atoms with van der Waals surface area (Å²) < 4.78 is 4.12. The predicted octanol–water partition coefficient (Wildman–Crippen LogP) is 3.81. The molecule has 1 atom stereocenters. The van der Waals surface area contributed by atoms with E-state index in [-0.39, 0.29) is 6.04 Å². The van der Waals surface area contributed by atoms with E-state index in [1.165, 1.54) is 37.7 Å². The van der Waals surface area contributed by atoms with E-state index < -0.39 is 0 Å². The molecule has 5 heteroatoms. The maximum atomic E-state index is 4.50. The molecule has 1 aliphatic rings. The molecule has 1 saturated carbocycles. The smallest absolute Gasteiger partial charge is 0.0965 e. The van der Waals surface area contributed by atoms with Crippen LogP contribution in [0.3, 0.4) is 0 Å². The minimum atomic E-state index is 0.130. The standard InChI is InChI=1S/C19H23N5/c1-3-7-16(8-4-1)18-13-24(22-21-18)19(14-23-12-11-20-15-23)17-9-5-2-6-10-17/h2,5-6,9-13,15-16,19H,1,3-4,7-8,14H2/t19-/m1/s1. The fourth-order valence-electron chi connectivity index (χ4n) is 3.64. The number of hydrogen-bond acceptors (Lipinski definition) is 3. The molecule has 0 unspecified atom stereocenters. The first-order valence-electron chi connectivity index (χ1n) is 8.82. The summed E-state index contributed by atoms with van der Waals surface area (Å²) in [7, 11) is 0. The number of rotatable bonds is 5. The van der Waals surface area contributed by atoms with Crippen LogP contribution in [0.2, 0.25) is 0 Å². The molecule has 0 spiro atoms. The lowest BCUT2D eigenvalue weighted by molar-refractivity contribution is 0.436. The zero-order chi connectivity index (χ0) is 16.2. The van der Waals surface area contributed by atoms with Crippen molar-refractivity contribution in [2.75, 3.05) is 0 Å². The van der Waals surface area contributed by atoms with Gasteiger partial charge in [-0.15, -0.1) is 5.10 Å². The van der Waals surface area contributed by atoms with Gasteiger partial charge in [0.25, 0.3) is 0 Å². The van der Waals surface area contributed by atoms with E-state index in [9.17, 15) is 0 Å². The zero-order valence-electron chi connectivity index (χ0n) is 13.8. The Morgan fingerprint density at radius 1 is 1.08 bits per heavy atom. The van der Waals surface area contributed by atoms with Gasteiger partial charge >= 0.3 is 0 Å². The lowest BCUT2D eigenvalue weighted by atomic mass is 9.87. The van der Waals surface area contributed by atoms with Gasteiger partial charge in [0.1, 0.15) is 0 Å². The number of aromatic nitrogens is 5. The molecule has 0 radical (unpaired) electrons. The number of hydrogen-bond donors (Lipinski definition) is 0. The maximum absolute atomic E-state index is 4.50. The first-order valence-corrected chi connectivity index (χ1v) is 8.82. The molecule has 1 fully saturated rings. The van der Waals surface area contributed by atoms with E-state index >= 15 is 0 Å². The molecule has 0 N–H and O–H groups in total. The van der Waals surface area contributed by atoms with Gasteiger partial charge in [-0.3, -0.25) is 0 Å². The molecule has 0 amide bonds. The monoisotopic (exact) mass is 321 g/mol. The Balaban J connectivity index is 1.62. The zero-order valence-corrected chi connectivity index (χ0v) is 13.8. The van der Waals surface area contributed by atoms with Gasteiger partial charge in [0.15, 0.2) is 0 Å². The molecule has 0 bridgehead atoms. The highest BCUT2D eigenvalue weighted by Gasteiger charge is 2.21. The van der Waals surface area contributed by atoms with Crippen LogP contribution < -0.4 is 0 Å². The molecule has 1 aliphatic carbocycles. The number of benzene rings is 1. The van der Waals surface area contributed by atoms with E-state index in [4.69, 9.17) is 0 Å². The maximum Gasteiger partial charge on any atom is 0.0965 e. The van der Waals surface area contributed by atoms with E-state index in [1.807, 2.05) is 29.5 Å². The number of imidazole rings is 1. The Bertz CT molecular complexity index is 741. The Hall–Kier alpha value is -2.43. The van der Waals surface area contributed by atoms with Crippen molar-refractivity contribution >= 4 is 0 Å². The van der Waals surface area contributed by atoms with Crippen molar-refractivity contribution < 1.29 is 0 Å². The van der Waals surface area contributed by atoms with Gasteiger partial charge in [-0.05, 0) is 18.4 Å². The van der Waals surface area contributed by atoms with E-state index in [0.717, 1.165) is 12.2 Å². The van der Waals surface area contributed by atoms with Crippen LogP contribution in [0.1, 0.15) is 55.3 Å². The molecular formula is C19H23N5. The van der Waals surface area contributed by atoms with Crippen LogP contribution in [0.15, 0.2) is 55.2 Å². The average Bonchev–Trinajstić information content (AvgIpc) is 3.33. The lowest BCUT2D eigenvalue weighted by Gasteiger charge is -2.20. The third kappa shape index (κ3) is 3.25. The van der Waals surface area contributed by atoms with Crippen LogP contribution in [0.25, 0.3) is 0 Å². The van der Waals surface area contributed by atoms with E-state index in [1.54, 1.807) is 0 Å². The molecular weight excluding hydrogens is 298 g/mol. The molecule has 3 aromatic rings. The molecule has 0 saturated heterocycles. The van der Waals surface area contributed by atoms with Crippen molar-refractivity contribution in [3.05, 3.63) is 66.5 Å². The molecule has 124 valence electrons. The van der Waals surface area contributed by atoms with Crippen molar-refractivity contribution in [2.24, 2.45) is 0 Å². The second-order valence-corrected chi connectivity index (χ2v) is 6.64. The summed E-state index contributed by atoms with van der Waals surface area (Å²) in [6, 6.07) is 10.6. The van der Waals surface area contributed by atoms with Crippen molar-refractivity contribution in [1.29, 1.82) is 0 Å². The molecule has 24 heavy (non-hydrogen) atoms. The summed E-state index contributed by atoms with van der Waals surface area (Å²) in [5.74, 6) is 0.581. The van der Waals surface area contributed by atoms with Gasteiger partial charge < -0.3 is 4.57 Å². The molecule has 4 rings (SSSR count).